The van der Waals surface area contributed by atoms with E-state index in [4.69, 9.17) is 14.2 Å². The van der Waals surface area contributed by atoms with Gasteiger partial charge in [-0.25, -0.2) is 4.39 Å². The molecule has 1 saturated heterocycles. The van der Waals surface area contributed by atoms with Crippen LogP contribution in [0.15, 0.2) is 54.6 Å². The van der Waals surface area contributed by atoms with E-state index in [1.165, 1.54) is 32.3 Å². The lowest BCUT2D eigenvalue weighted by Gasteiger charge is -2.49. The van der Waals surface area contributed by atoms with Crippen molar-refractivity contribution in [2.24, 2.45) is 0 Å². The minimum atomic E-state index is -1.15. The van der Waals surface area contributed by atoms with Crippen molar-refractivity contribution in [1.29, 1.82) is 0 Å². The van der Waals surface area contributed by atoms with Crippen LogP contribution in [-0.2, 0) is 4.79 Å². The Morgan fingerprint density at radius 3 is 1.83 bits per heavy atom. The Hall–Kier alpha value is -4.40. The molecule has 0 aliphatic carbocycles. The summed E-state index contributed by atoms with van der Waals surface area (Å²) in [6, 6.07) is 12.2. The number of amides is 3. The third-order valence-electron chi connectivity index (χ3n) is 6.63. The summed E-state index contributed by atoms with van der Waals surface area (Å²) in [4.78, 5) is 42.4. The number of anilines is 1. The monoisotopic (exact) mass is 490 g/mol. The number of carbonyl (C=O) groups excluding carboxylic acids is 3. The van der Waals surface area contributed by atoms with Gasteiger partial charge in [0.1, 0.15) is 11.9 Å². The number of carbonyl (C=O) groups is 3. The summed E-state index contributed by atoms with van der Waals surface area (Å²) in [6.07, 6.45) is 0. The molecule has 184 valence electrons. The average Bonchev–Trinajstić information content (AvgIpc) is 3.13. The summed E-state index contributed by atoms with van der Waals surface area (Å²) in [7, 11) is 4.39. The molecule has 3 aromatic carbocycles. The van der Waals surface area contributed by atoms with Crippen LogP contribution in [0.2, 0.25) is 0 Å². The van der Waals surface area contributed by atoms with Crippen LogP contribution in [0.3, 0.4) is 0 Å². The molecule has 8 nitrogen and oxygen atoms in total. The number of hydrogen-bond donors (Lipinski definition) is 0. The van der Waals surface area contributed by atoms with Gasteiger partial charge in [-0.1, -0.05) is 18.2 Å². The second-order valence-corrected chi connectivity index (χ2v) is 8.52. The molecular weight excluding hydrogens is 467 g/mol. The van der Waals surface area contributed by atoms with Crippen LogP contribution in [0.4, 0.5) is 10.1 Å². The van der Waals surface area contributed by atoms with Gasteiger partial charge in [-0.3, -0.25) is 19.3 Å². The van der Waals surface area contributed by atoms with Crippen LogP contribution < -0.4 is 19.1 Å². The van der Waals surface area contributed by atoms with E-state index in [1.807, 2.05) is 0 Å². The largest absolute Gasteiger partial charge is 0.493 e. The Labute approximate surface area is 206 Å². The van der Waals surface area contributed by atoms with E-state index in [0.29, 0.717) is 34.1 Å². The Balaban J connectivity index is 1.66. The normalized spacial score (nSPS) is 18.8. The molecule has 0 aromatic heterocycles. The van der Waals surface area contributed by atoms with Crippen LogP contribution in [0.25, 0.3) is 0 Å². The van der Waals surface area contributed by atoms with Crippen LogP contribution in [0, 0.1) is 12.7 Å². The third kappa shape index (κ3) is 3.30. The van der Waals surface area contributed by atoms with Crippen molar-refractivity contribution in [1.82, 2.24) is 4.90 Å². The molecule has 2 aliphatic rings. The zero-order chi connectivity index (χ0) is 25.7. The molecule has 3 amide bonds. The standard InChI is InChI=1S/C27H23FN2O6/c1-14-9-10-16(13-19(14)28)29-22(15-11-20(34-2)24(36-4)21(12-15)35-3)23(27(29)33)30-25(31)17-7-5-6-8-18(17)26(30)32/h5-13,22-23H,1-4H3/t22-,23+/m1/s1. The minimum absolute atomic E-state index is 0.235. The molecule has 2 atom stereocenters. The Kier molecular flexibility index (Phi) is 5.62. The smallest absolute Gasteiger partial charge is 0.262 e. The van der Waals surface area contributed by atoms with E-state index >= 15 is 0 Å². The van der Waals surface area contributed by atoms with E-state index in [2.05, 4.69) is 0 Å². The summed E-state index contributed by atoms with van der Waals surface area (Å²) < 4.78 is 30.8. The van der Waals surface area contributed by atoms with Gasteiger partial charge in [0.05, 0.1) is 38.5 Å². The molecule has 0 saturated carbocycles. The highest BCUT2D eigenvalue weighted by Gasteiger charge is 2.57. The maximum absolute atomic E-state index is 14.5. The van der Waals surface area contributed by atoms with Crippen LogP contribution in [0.1, 0.15) is 37.9 Å². The molecule has 2 aliphatic heterocycles. The first-order valence-electron chi connectivity index (χ1n) is 11.2. The fraction of sp³-hybridized carbons (Fsp3) is 0.222. The van der Waals surface area contributed by atoms with E-state index < -0.39 is 35.6 Å². The number of methoxy groups -OCH3 is 3. The zero-order valence-corrected chi connectivity index (χ0v) is 20.1. The predicted molar refractivity (Wildman–Crippen MR) is 128 cm³/mol. The lowest BCUT2D eigenvalue weighted by Crippen LogP contribution is -2.67. The summed E-state index contributed by atoms with van der Waals surface area (Å²) >= 11 is 0. The van der Waals surface area contributed by atoms with Crippen LogP contribution >= 0.6 is 0 Å². The third-order valence-corrected chi connectivity index (χ3v) is 6.63. The zero-order valence-electron chi connectivity index (χ0n) is 20.1. The molecule has 1 fully saturated rings. The first kappa shape index (κ1) is 23.3. The highest BCUT2D eigenvalue weighted by molar-refractivity contribution is 6.24. The van der Waals surface area contributed by atoms with Crippen molar-refractivity contribution in [3.05, 3.63) is 82.7 Å². The molecule has 0 bridgehead atoms. The van der Waals surface area contributed by atoms with Crippen molar-refractivity contribution in [3.8, 4) is 17.2 Å². The second-order valence-electron chi connectivity index (χ2n) is 8.52. The summed E-state index contributed by atoms with van der Waals surface area (Å²) in [6.45, 7) is 1.62. The number of β-lactam (4-membered cyclic amide) rings is 1. The van der Waals surface area contributed by atoms with E-state index in [0.717, 1.165) is 4.90 Å². The second kappa shape index (κ2) is 8.67. The van der Waals surface area contributed by atoms with Crippen LogP contribution in [0.5, 0.6) is 17.2 Å². The van der Waals surface area contributed by atoms with Gasteiger partial charge in [0.15, 0.2) is 11.5 Å². The van der Waals surface area contributed by atoms with Gasteiger partial charge in [0.2, 0.25) is 5.75 Å². The van der Waals surface area contributed by atoms with Gasteiger partial charge >= 0.3 is 0 Å². The van der Waals surface area contributed by atoms with Gasteiger partial charge in [0, 0.05) is 5.69 Å². The van der Waals surface area contributed by atoms with Gasteiger partial charge in [-0.05, 0) is 54.4 Å². The Morgan fingerprint density at radius 1 is 0.750 bits per heavy atom. The number of nitrogens with zero attached hydrogens (tertiary/aromatic N) is 2. The fourth-order valence-electron chi connectivity index (χ4n) is 4.81. The quantitative estimate of drug-likeness (QED) is 0.385. The number of aryl methyl sites for hydroxylation is 1. The predicted octanol–water partition coefficient (Wildman–Crippen LogP) is 3.91. The van der Waals surface area contributed by atoms with Crippen molar-refractivity contribution in [2.45, 2.75) is 19.0 Å². The fourth-order valence-corrected chi connectivity index (χ4v) is 4.81. The minimum Gasteiger partial charge on any atom is -0.493 e. The molecule has 0 spiro atoms. The Bertz CT molecular complexity index is 1360. The van der Waals surface area contributed by atoms with Gasteiger partial charge < -0.3 is 19.1 Å². The highest BCUT2D eigenvalue weighted by atomic mass is 19.1. The van der Waals surface area contributed by atoms with Gasteiger partial charge in [-0.2, -0.15) is 0 Å². The van der Waals surface area contributed by atoms with Gasteiger partial charge in [0.25, 0.3) is 17.7 Å². The van der Waals surface area contributed by atoms with Crippen molar-refractivity contribution in [2.75, 3.05) is 26.2 Å². The number of fused-ring (bicyclic) bond motifs is 1. The first-order chi connectivity index (χ1) is 17.3. The number of rotatable bonds is 6. The van der Waals surface area contributed by atoms with Crippen LogP contribution in [-0.4, -0.2) is 50.0 Å². The molecule has 0 unspecified atom stereocenters. The number of imide groups is 1. The van der Waals surface area contributed by atoms with E-state index in [-0.39, 0.29) is 11.1 Å². The molecule has 0 radical (unpaired) electrons. The molecule has 0 N–H and O–H groups in total. The number of halogens is 1. The lowest BCUT2D eigenvalue weighted by atomic mass is 9.85. The molecular formula is C27H23FN2O6. The summed E-state index contributed by atoms with van der Waals surface area (Å²) in [5.74, 6) is -1.08. The summed E-state index contributed by atoms with van der Waals surface area (Å²) in [5.41, 5.74) is 1.71. The average molecular weight is 490 g/mol. The maximum Gasteiger partial charge on any atom is 0.262 e. The van der Waals surface area contributed by atoms with Crippen molar-refractivity contribution < 1.29 is 33.0 Å². The SMILES string of the molecule is COc1cc([C@@H]2[C@H](N3C(=O)c4ccccc4C3=O)C(=O)N2c2ccc(C)c(F)c2)cc(OC)c1OC. The topological polar surface area (TPSA) is 85.4 Å². The summed E-state index contributed by atoms with van der Waals surface area (Å²) in [5, 5.41) is 0. The molecule has 2 heterocycles. The molecule has 9 heteroatoms. The number of hydrogen-bond acceptors (Lipinski definition) is 6. The van der Waals surface area contributed by atoms with Crippen molar-refractivity contribution >= 4 is 23.4 Å². The maximum atomic E-state index is 14.5. The first-order valence-corrected chi connectivity index (χ1v) is 11.2. The Morgan fingerprint density at radius 2 is 1.33 bits per heavy atom. The molecule has 3 aromatic rings. The lowest BCUT2D eigenvalue weighted by molar-refractivity contribution is -0.130. The highest BCUT2D eigenvalue weighted by Crippen LogP contribution is 2.48. The number of benzene rings is 3. The van der Waals surface area contributed by atoms with E-state index in [9.17, 15) is 18.8 Å². The molecule has 36 heavy (non-hydrogen) atoms. The van der Waals surface area contributed by atoms with Crippen molar-refractivity contribution in [3.63, 3.8) is 0 Å². The number of ether oxygens (including phenoxy) is 3. The molecule has 5 rings (SSSR count). The van der Waals surface area contributed by atoms with E-state index in [1.54, 1.807) is 55.5 Å². The van der Waals surface area contributed by atoms with Gasteiger partial charge in [-0.15, -0.1) is 0 Å².